The molecule has 0 saturated heterocycles. The van der Waals surface area contributed by atoms with Crippen LogP contribution < -0.4 is 11.1 Å². The molecule has 0 bridgehead atoms. The zero-order valence-corrected chi connectivity index (χ0v) is 9.98. The number of anilines is 1. The summed E-state index contributed by atoms with van der Waals surface area (Å²) < 4.78 is 6.88. The fourth-order valence-electron chi connectivity index (χ4n) is 1.49. The number of aromatic nitrogens is 2. The van der Waals surface area contributed by atoms with Crippen LogP contribution in [0.15, 0.2) is 6.20 Å². The number of nitrogen functional groups attached to an aromatic ring is 1. The highest BCUT2D eigenvalue weighted by molar-refractivity contribution is 5.98. The molecule has 1 aromatic rings. The number of amides is 1. The Morgan fingerprint density at radius 2 is 2.47 bits per heavy atom. The van der Waals surface area contributed by atoms with Crippen LogP contribution in [0.1, 0.15) is 23.2 Å². The Morgan fingerprint density at radius 3 is 3.06 bits per heavy atom. The lowest BCUT2D eigenvalue weighted by Gasteiger charge is -2.05. The van der Waals surface area contributed by atoms with Gasteiger partial charge in [0.2, 0.25) is 0 Å². The normalized spacial score (nSPS) is 14.9. The highest BCUT2D eigenvalue weighted by atomic mass is 16.5. The molecule has 1 fully saturated rings. The van der Waals surface area contributed by atoms with Crippen LogP contribution in [0.3, 0.4) is 0 Å². The smallest absolute Gasteiger partial charge is 0.256 e. The Morgan fingerprint density at radius 1 is 1.71 bits per heavy atom. The molecule has 94 valence electrons. The van der Waals surface area contributed by atoms with E-state index in [-0.39, 0.29) is 5.91 Å². The van der Waals surface area contributed by atoms with Gasteiger partial charge in [0.25, 0.3) is 5.91 Å². The second kappa shape index (κ2) is 5.18. The van der Waals surface area contributed by atoms with E-state index in [0.717, 1.165) is 12.5 Å². The van der Waals surface area contributed by atoms with Gasteiger partial charge in [0.05, 0.1) is 12.8 Å². The van der Waals surface area contributed by atoms with Crippen LogP contribution in [0.4, 0.5) is 5.82 Å². The van der Waals surface area contributed by atoms with Gasteiger partial charge >= 0.3 is 0 Å². The summed E-state index contributed by atoms with van der Waals surface area (Å²) in [6.07, 6.45) is 4.02. The number of nitrogens with zero attached hydrogens (tertiary/aromatic N) is 2. The van der Waals surface area contributed by atoms with Crippen LogP contribution in [0.5, 0.6) is 0 Å². The second-order valence-electron chi connectivity index (χ2n) is 4.34. The minimum Gasteiger partial charge on any atom is -0.383 e. The molecule has 1 amide bonds. The fraction of sp³-hybridized carbons (Fsp3) is 0.636. The van der Waals surface area contributed by atoms with Gasteiger partial charge in [0.1, 0.15) is 11.4 Å². The number of carbonyl (C=O) groups excluding carboxylic acids is 1. The van der Waals surface area contributed by atoms with Gasteiger partial charge in [-0.25, -0.2) is 0 Å². The van der Waals surface area contributed by atoms with Crippen LogP contribution in [-0.4, -0.2) is 35.4 Å². The van der Waals surface area contributed by atoms with Gasteiger partial charge in [-0.1, -0.05) is 0 Å². The standard InChI is InChI=1S/C11H18N4O2/c1-15-10(12)9(6-14-15)11(16)13-4-5-17-7-8-2-3-8/h6,8H,2-5,7,12H2,1H3,(H,13,16). The van der Waals surface area contributed by atoms with Crippen molar-refractivity contribution >= 4 is 11.7 Å². The van der Waals surface area contributed by atoms with E-state index >= 15 is 0 Å². The summed E-state index contributed by atoms with van der Waals surface area (Å²) in [4.78, 5) is 11.7. The van der Waals surface area contributed by atoms with E-state index in [9.17, 15) is 4.79 Å². The number of aryl methyl sites for hydroxylation is 1. The van der Waals surface area contributed by atoms with Gasteiger partial charge in [-0.3, -0.25) is 9.48 Å². The number of nitrogens with two attached hydrogens (primary N) is 1. The average Bonchev–Trinajstić information content (AvgIpc) is 3.06. The first-order chi connectivity index (χ1) is 8.18. The topological polar surface area (TPSA) is 82.2 Å². The van der Waals surface area contributed by atoms with E-state index < -0.39 is 0 Å². The Bertz CT molecular complexity index is 398. The zero-order chi connectivity index (χ0) is 12.3. The van der Waals surface area contributed by atoms with Gasteiger partial charge in [-0.05, 0) is 18.8 Å². The highest BCUT2D eigenvalue weighted by Gasteiger charge is 2.21. The third-order valence-electron chi connectivity index (χ3n) is 2.81. The number of rotatable bonds is 6. The summed E-state index contributed by atoms with van der Waals surface area (Å²) in [5.41, 5.74) is 6.10. The first-order valence-corrected chi connectivity index (χ1v) is 5.82. The molecule has 0 aliphatic heterocycles. The Balaban J connectivity index is 1.67. The Labute approximate surface area is 100 Å². The molecule has 1 heterocycles. The van der Waals surface area contributed by atoms with Crippen molar-refractivity contribution in [3.63, 3.8) is 0 Å². The summed E-state index contributed by atoms with van der Waals surface area (Å²) in [7, 11) is 1.70. The van der Waals surface area contributed by atoms with Crippen molar-refractivity contribution in [2.45, 2.75) is 12.8 Å². The van der Waals surface area contributed by atoms with Crippen molar-refractivity contribution in [2.24, 2.45) is 13.0 Å². The molecule has 1 aliphatic carbocycles. The van der Waals surface area contributed by atoms with E-state index in [4.69, 9.17) is 10.5 Å². The lowest BCUT2D eigenvalue weighted by atomic mass is 10.3. The van der Waals surface area contributed by atoms with Crippen LogP contribution >= 0.6 is 0 Å². The number of ether oxygens (including phenoxy) is 1. The average molecular weight is 238 g/mol. The van der Waals surface area contributed by atoms with Crippen LogP contribution in [-0.2, 0) is 11.8 Å². The molecule has 2 rings (SSSR count). The molecule has 1 saturated carbocycles. The maximum Gasteiger partial charge on any atom is 0.256 e. The van der Waals surface area contributed by atoms with Crippen molar-refractivity contribution in [3.8, 4) is 0 Å². The highest BCUT2D eigenvalue weighted by Crippen LogP contribution is 2.28. The maximum absolute atomic E-state index is 11.7. The summed E-state index contributed by atoms with van der Waals surface area (Å²) in [6.45, 7) is 1.85. The van der Waals surface area contributed by atoms with Crippen molar-refractivity contribution < 1.29 is 9.53 Å². The molecule has 1 aliphatic rings. The zero-order valence-electron chi connectivity index (χ0n) is 9.98. The summed E-state index contributed by atoms with van der Waals surface area (Å²) in [6, 6.07) is 0. The molecule has 0 atom stereocenters. The van der Waals surface area contributed by atoms with Gasteiger partial charge in [-0.2, -0.15) is 5.10 Å². The number of hydrogen-bond donors (Lipinski definition) is 2. The largest absolute Gasteiger partial charge is 0.383 e. The van der Waals surface area contributed by atoms with Crippen molar-refractivity contribution in [2.75, 3.05) is 25.5 Å². The monoisotopic (exact) mass is 238 g/mol. The van der Waals surface area contributed by atoms with E-state index in [1.807, 2.05) is 0 Å². The number of carbonyl (C=O) groups is 1. The summed E-state index contributed by atoms with van der Waals surface area (Å²) in [5.74, 6) is 0.923. The Hall–Kier alpha value is -1.56. The molecule has 0 spiro atoms. The first-order valence-electron chi connectivity index (χ1n) is 5.82. The quantitative estimate of drug-likeness (QED) is 0.692. The maximum atomic E-state index is 11.7. The van der Waals surface area contributed by atoms with Crippen molar-refractivity contribution in [1.29, 1.82) is 0 Å². The molecule has 1 aromatic heterocycles. The molecule has 6 heteroatoms. The predicted molar refractivity (Wildman–Crippen MR) is 63.5 cm³/mol. The number of hydrogen-bond acceptors (Lipinski definition) is 4. The molecular formula is C11H18N4O2. The Kier molecular flexibility index (Phi) is 3.63. The van der Waals surface area contributed by atoms with Crippen LogP contribution in [0.25, 0.3) is 0 Å². The van der Waals surface area contributed by atoms with E-state index in [0.29, 0.717) is 24.5 Å². The lowest BCUT2D eigenvalue weighted by Crippen LogP contribution is -2.28. The van der Waals surface area contributed by atoms with Gasteiger partial charge in [-0.15, -0.1) is 0 Å². The van der Waals surface area contributed by atoms with Crippen LogP contribution in [0, 0.1) is 5.92 Å². The molecule has 6 nitrogen and oxygen atoms in total. The van der Waals surface area contributed by atoms with E-state index in [1.54, 1.807) is 7.05 Å². The van der Waals surface area contributed by atoms with E-state index in [2.05, 4.69) is 10.4 Å². The molecule has 0 radical (unpaired) electrons. The van der Waals surface area contributed by atoms with Gasteiger partial charge in [0, 0.05) is 20.2 Å². The fourth-order valence-corrected chi connectivity index (χ4v) is 1.49. The number of nitrogens with one attached hydrogen (secondary N) is 1. The molecular weight excluding hydrogens is 220 g/mol. The second-order valence-corrected chi connectivity index (χ2v) is 4.34. The minimum absolute atomic E-state index is 0.203. The molecule has 0 aromatic carbocycles. The first kappa shape index (κ1) is 11.9. The van der Waals surface area contributed by atoms with Gasteiger partial charge in [0.15, 0.2) is 0 Å². The van der Waals surface area contributed by atoms with Crippen molar-refractivity contribution in [3.05, 3.63) is 11.8 Å². The van der Waals surface area contributed by atoms with Gasteiger partial charge < -0.3 is 15.8 Å². The molecule has 3 N–H and O–H groups in total. The van der Waals surface area contributed by atoms with E-state index in [1.165, 1.54) is 23.7 Å². The van der Waals surface area contributed by atoms with Crippen molar-refractivity contribution in [1.82, 2.24) is 15.1 Å². The minimum atomic E-state index is -0.203. The summed E-state index contributed by atoms with van der Waals surface area (Å²) in [5, 5.41) is 6.66. The SMILES string of the molecule is Cn1ncc(C(=O)NCCOCC2CC2)c1N. The predicted octanol–water partition coefficient (Wildman–Crippen LogP) is 0.159. The third kappa shape index (κ3) is 3.20. The molecule has 0 unspecified atom stereocenters. The van der Waals surface area contributed by atoms with Crippen LogP contribution in [0.2, 0.25) is 0 Å². The lowest BCUT2D eigenvalue weighted by molar-refractivity contribution is 0.0907. The molecule has 17 heavy (non-hydrogen) atoms. The third-order valence-corrected chi connectivity index (χ3v) is 2.81. The summed E-state index contributed by atoms with van der Waals surface area (Å²) >= 11 is 0.